The van der Waals surface area contributed by atoms with Crippen LogP contribution in [0.15, 0.2) is 23.1 Å². The van der Waals surface area contributed by atoms with Gasteiger partial charge in [-0.3, -0.25) is 4.79 Å². The average Bonchev–Trinajstić information content (AvgIpc) is 3.27. The standard InChI is InChI=1S/C15H19FN2O4S/c1-10-8-12(10)15(19)17-11-2-3-13(16)14(9-11)23(20,21)18-4-6-22-7-5-18/h2-3,9-10,12H,4-8H2,1H3,(H,17,19)/t10-,12-/m0/s1. The zero-order valence-electron chi connectivity index (χ0n) is 12.8. The Morgan fingerprint density at radius 3 is 2.61 bits per heavy atom. The van der Waals surface area contributed by atoms with E-state index >= 15 is 0 Å². The number of amides is 1. The summed E-state index contributed by atoms with van der Waals surface area (Å²) in [5.74, 6) is -0.681. The van der Waals surface area contributed by atoms with Crippen molar-refractivity contribution in [2.24, 2.45) is 11.8 Å². The van der Waals surface area contributed by atoms with Crippen LogP contribution in [-0.2, 0) is 19.6 Å². The molecule has 126 valence electrons. The van der Waals surface area contributed by atoms with Crippen molar-refractivity contribution in [3.05, 3.63) is 24.0 Å². The van der Waals surface area contributed by atoms with Crippen molar-refractivity contribution >= 4 is 21.6 Å². The van der Waals surface area contributed by atoms with E-state index in [-0.39, 0.29) is 38.1 Å². The van der Waals surface area contributed by atoms with Gasteiger partial charge in [0.1, 0.15) is 10.7 Å². The topological polar surface area (TPSA) is 75.7 Å². The van der Waals surface area contributed by atoms with Crippen LogP contribution in [0, 0.1) is 17.7 Å². The molecule has 6 nitrogen and oxygen atoms in total. The van der Waals surface area contributed by atoms with E-state index in [0.717, 1.165) is 12.5 Å². The molecule has 0 bridgehead atoms. The molecule has 1 amide bonds. The first-order chi connectivity index (χ1) is 10.9. The minimum Gasteiger partial charge on any atom is -0.379 e. The molecule has 1 N–H and O–H groups in total. The van der Waals surface area contributed by atoms with Gasteiger partial charge in [0, 0.05) is 24.7 Å². The van der Waals surface area contributed by atoms with E-state index in [0.29, 0.717) is 11.6 Å². The lowest BCUT2D eigenvalue weighted by molar-refractivity contribution is -0.117. The van der Waals surface area contributed by atoms with Gasteiger partial charge in [0.2, 0.25) is 15.9 Å². The first kappa shape index (κ1) is 16.4. The molecule has 0 aromatic heterocycles. The number of halogens is 1. The summed E-state index contributed by atoms with van der Waals surface area (Å²) in [6, 6.07) is 3.63. The zero-order chi connectivity index (χ0) is 16.6. The van der Waals surface area contributed by atoms with Crippen LogP contribution in [0.1, 0.15) is 13.3 Å². The molecule has 1 aliphatic heterocycles. The van der Waals surface area contributed by atoms with Crippen molar-refractivity contribution in [1.29, 1.82) is 0 Å². The van der Waals surface area contributed by atoms with Crippen LogP contribution in [0.3, 0.4) is 0 Å². The van der Waals surface area contributed by atoms with Crippen molar-refractivity contribution in [2.75, 3.05) is 31.6 Å². The minimum absolute atomic E-state index is 0.0423. The van der Waals surface area contributed by atoms with E-state index in [1.165, 1.54) is 16.4 Å². The highest BCUT2D eigenvalue weighted by Gasteiger charge is 2.39. The van der Waals surface area contributed by atoms with Gasteiger partial charge in [-0.2, -0.15) is 4.31 Å². The van der Waals surface area contributed by atoms with Crippen molar-refractivity contribution in [1.82, 2.24) is 4.31 Å². The molecule has 1 heterocycles. The highest BCUT2D eigenvalue weighted by Crippen LogP contribution is 2.38. The van der Waals surface area contributed by atoms with E-state index in [4.69, 9.17) is 4.74 Å². The number of carbonyl (C=O) groups excluding carboxylic acids is 1. The number of ether oxygens (including phenoxy) is 1. The number of rotatable bonds is 4. The Morgan fingerprint density at radius 2 is 2.00 bits per heavy atom. The predicted molar refractivity (Wildman–Crippen MR) is 81.9 cm³/mol. The summed E-state index contributed by atoms with van der Waals surface area (Å²) < 4.78 is 45.5. The molecule has 2 atom stereocenters. The smallest absolute Gasteiger partial charge is 0.246 e. The fourth-order valence-corrected chi connectivity index (χ4v) is 4.13. The number of benzene rings is 1. The highest BCUT2D eigenvalue weighted by molar-refractivity contribution is 7.89. The summed E-state index contributed by atoms with van der Waals surface area (Å²) in [5.41, 5.74) is 0.294. The van der Waals surface area contributed by atoms with Crippen LogP contribution in [0.4, 0.5) is 10.1 Å². The number of hydrogen-bond acceptors (Lipinski definition) is 4. The second-order valence-corrected chi connectivity index (χ2v) is 7.88. The van der Waals surface area contributed by atoms with E-state index in [9.17, 15) is 17.6 Å². The quantitative estimate of drug-likeness (QED) is 0.898. The number of nitrogens with zero attached hydrogens (tertiary/aromatic N) is 1. The third kappa shape index (κ3) is 3.39. The first-order valence-corrected chi connectivity index (χ1v) is 9.02. The molecule has 0 unspecified atom stereocenters. The molecule has 1 saturated carbocycles. The van der Waals surface area contributed by atoms with Gasteiger partial charge >= 0.3 is 0 Å². The molecule has 2 fully saturated rings. The Bertz CT molecular complexity index is 716. The van der Waals surface area contributed by atoms with Crippen LogP contribution in [0.25, 0.3) is 0 Å². The number of morpholine rings is 1. The molecular formula is C15H19FN2O4S. The van der Waals surface area contributed by atoms with Gasteiger partial charge in [0.05, 0.1) is 13.2 Å². The van der Waals surface area contributed by atoms with Crippen LogP contribution in [0.5, 0.6) is 0 Å². The lowest BCUT2D eigenvalue weighted by Crippen LogP contribution is -2.40. The fraction of sp³-hybridized carbons (Fsp3) is 0.533. The summed E-state index contributed by atoms with van der Waals surface area (Å²) >= 11 is 0. The second kappa shape index (κ2) is 6.18. The maximum atomic E-state index is 14.0. The molecule has 23 heavy (non-hydrogen) atoms. The normalized spacial score (nSPS) is 25.1. The Balaban J connectivity index is 1.83. The number of hydrogen-bond donors (Lipinski definition) is 1. The lowest BCUT2D eigenvalue weighted by Gasteiger charge is -2.26. The molecular weight excluding hydrogens is 323 g/mol. The second-order valence-electron chi connectivity index (χ2n) is 5.97. The molecule has 0 radical (unpaired) electrons. The highest BCUT2D eigenvalue weighted by atomic mass is 32.2. The van der Waals surface area contributed by atoms with E-state index < -0.39 is 20.7 Å². The van der Waals surface area contributed by atoms with E-state index in [1.54, 1.807) is 0 Å². The maximum absolute atomic E-state index is 14.0. The van der Waals surface area contributed by atoms with Crippen molar-refractivity contribution in [3.8, 4) is 0 Å². The van der Waals surface area contributed by atoms with Crippen LogP contribution in [-0.4, -0.2) is 44.9 Å². The van der Waals surface area contributed by atoms with Gasteiger partial charge in [-0.1, -0.05) is 6.92 Å². The SMILES string of the molecule is C[C@H]1C[C@@H]1C(=O)Nc1ccc(F)c(S(=O)(=O)N2CCOCC2)c1. The van der Waals surface area contributed by atoms with Gasteiger partial charge in [-0.25, -0.2) is 12.8 Å². The maximum Gasteiger partial charge on any atom is 0.246 e. The Hall–Kier alpha value is -1.51. The summed E-state index contributed by atoms with van der Waals surface area (Å²) in [5, 5.41) is 2.66. The Kier molecular flexibility index (Phi) is 4.39. The van der Waals surface area contributed by atoms with Gasteiger partial charge in [-0.15, -0.1) is 0 Å². The van der Waals surface area contributed by atoms with Gasteiger partial charge < -0.3 is 10.1 Å². The van der Waals surface area contributed by atoms with E-state index in [1.807, 2.05) is 6.92 Å². The largest absolute Gasteiger partial charge is 0.379 e. The molecule has 0 spiro atoms. The van der Waals surface area contributed by atoms with Gasteiger partial charge in [0.15, 0.2) is 0 Å². The Labute approximate surface area is 134 Å². The van der Waals surface area contributed by atoms with Crippen molar-refractivity contribution in [3.63, 3.8) is 0 Å². The molecule has 1 saturated heterocycles. The third-order valence-electron chi connectivity index (χ3n) is 4.23. The minimum atomic E-state index is -3.94. The fourth-order valence-electron chi connectivity index (χ4n) is 2.63. The summed E-state index contributed by atoms with van der Waals surface area (Å²) in [6.07, 6.45) is 0.825. The molecule has 3 rings (SSSR count). The van der Waals surface area contributed by atoms with Crippen LogP contribution < -0.4 is 5.32 Å². The predicted octanol–water partition coefficient (Wildman–Crippen LogP) is 1.44. The number of carbonyl (C=O) groups is 1. The monoisotopic (exact) mass is 342 g/mol. The molecule has 2 aliphatic rings. The lowest BCUT2D eigenvalue weighted by atomic mass is 10.2. The van der Waals surface area contributed by atoms with Gasteiger partial charge in [0.25, 0.3) is 0 Å². The van der Waals surface area contributed by atoms with Crippen molar-refractivity contribution in [2.45, 2.75) is 18.2 Å². The number of nitrogens with one attached hydrogen (secondary N) is 1. The van der Waals surface area contributed by atoms with Crippen LogP contribution in [0.2, 0.25) is 0 Å². The van der Waals surface area contributed by atoms with E-state index in [2.05, 4.69) is 5.32 Å². The summed E-state index contributed by atoms with van der Waals surface area (Å²) in [6.45, 7) is 2.94. The van der Waals surface area contributed by atoms with Crippen LogP contribution >= 0.6 is 0 Å². The number of anilines is 1. The first-order valence-electron chi connectivity index (χ1n) is 7.58. The molecule has 1 aromatic carbocycles. The number of sulfonamides is 1. The average molecular weight is 342 g/mol. The molecule has 1 aliphatic carbocycles. The Morgan fingerprint density at radius 1 is 1.35 bits per heavy atom. The van der Waals surface area contributed by atoms with Gasteiger partial charge in [-0.05, 0) is 30.5 Å². The molecule has 1 aromatic rings. The zero-order valence-corrected chi connectivity index (χ0v) is 13.6. The summed E-state index contributed by atoms with van der Waals surface area (Å²) in [4.78, 5) is 11.5. The van der Waals surface area contributed by atoms with Crippen molar-refractivity contribution < 1.29 is 22.3 Å². The third-order valence-corrected chi connectivity index (χ3v) is 6.15. The molecule has 8 heteroatoms. The summed E-state index contributed by atoms with van der Waals surface area (Å²) in [7, 11) is -3.94.